The summed E-state index contributed by atoms with van der Waals surface area (Å²) in [5.41, 5.74) is 12.7. The number of rotatable bonds is 8. The van der Waals surface area contributed by atoms with Gasteiger partial charge in [-0.05, 0) is 57.6 Å². The van der Waals surface area contributed by atoms with Gasteiger partial charge in [0.05, 0.1) is 23.6 Å². The van der Waals surface area contributed by atoms with Gasteiger partial charge in [0.1, 0.15) is 0 Å². The molecule has 0 aliphatic carbocycles. The van der Waals surface area contributed by atoms with E-state index in [0.717, 1.165) is 23.2 Å². The third-order valence-corrected chi connectivity index (χ3v) is 5.84. The van der Waals surface area contributed by atoms with Crippen molar-refractivity contribution in [1.29, 1.82) is 0 Å². The van der Waals surface area contributed by atoms with Crippen molar-refractivity contribution >= 4 is 28.6 Å². The molecule has 0 atom stereocenters. The van der Waals surface area contributed by atoms with Crippen molar-refractivity contribution in [2.45, 2.75) is 32.7 Å². The molecule has 2 aromatic heterocycles. The number of hydrogen-bond donors (Lipinski definition) is 2. The quantitative estimate of drug-likeness (QED) is 0.394. The molecule has 2 heterocycles. The Bertz CT molecular complexity index is 1150. The summed E-state index contributed by atoms with van der Waals surface area (Å²) in [6, 6.07) is 16.2. The van der Waals surface area contributed by atoms with Crippen molar-refractivity contribution in [3.63, 3.8) is 0 Å². The lowest BCUT2D eigenvalue weighted by atomic mass is 10.1. The highest BCUT2D eigenvalue weighted by Crippen LogP contribution is 2.28. The molecule has 7 heteroatoms. The highest BCUT2D eigenvalue weighted by molar-refractivity contribution is 7.08. The summed E-state index contributed by atoms with van der Waals surface area (Å²) < 4.78 is 1.80. The summed E-state index contributed by atoms with van der Waals surface area (Å²) in [4.78, 5) is 12.5. The number of aryl methyl sites for hydroxylation is 2. The molecule has 0 saturated heterocycles. The van der Waals surface area contributed by atoms with E-state index < -0.39 is 0 Å². The summed E-state index contributed by atoms with van der Waals surface area (Å²) in [6.45, 7) is 2.80. The van der Waals surface area contributed by atoms with Crippen LogP contribution in [0.3, 0.4) is 0 Å². The molecule has 4 aromatic rings. The van der Waals surface area contributed by atoms with Crippen LogP contribution < -0.4 is 11.1 Å². The molecule has 31 heavy (non-hydrogen) atoms. The van der Waals surface area contributed by atoms with Crippen LogP contribution in [0.15, 0.2) is 65.5 Å². The van der Waals surface area contributed by atoms with Crippen molar-refractivity contribution in [2.24, 2.45) is 0 Å². The van der Waals surface area contributed by atoms with E-state index in [1.807, 2.05) is 35.8 Å². The van der Waals surface area contributed by atoms with E-state index >= 15 is 0 Å². The Hall–Kier alpha value is -3.45. The molecule has 0 aliphatic rings. The second kappa shape index (κ2) is 9.57. The monoisotopic (exact) mass is 431 g/mol. The van der Waals surface area contributed by atoms with E-state index in [2.05, 4.69) is 52.2 Å². The molecule has 0 radical (unpaired) electrons. The van der Waals surface area contributed by atoms with E-state index in [1.165, 1.54) is 11.1 Å². The number of nitrogens with one attached hydrogen (secondary N) is 1. The lowest BCUT2D eigenvalue weighted by Gasteiger charge is -2.10. The molecule has 2 aromatic carbocycles. The van der Waals surface area contributed by atoms with Gasteiger partial charge in [-0.3, -0.25) is 4.79 Å². The van der Waals surface area contributed by atoms with Crippen molar-refractivity contribution in [2.75, 3.05) is 11.1 Å². The molecule has 4 rings (SSSR count). The zero-order chi connectivity index (χ0) is 21.6. The van der Waals surface area contributed by atoms with Gasteiger partial charge in [-0.1, -0.05) is 42.5 Å². The first-order valence-corrected chi connectivity index (χ1v) is 11.2. The van der Waals surface area contributed by atoms with Gasteiger partial charge in [-0.25, -0.2) is 4.68 Å². The normalized spacial score (nSPS) is 10.9. The fraction of sp³-hybridized carbons (Fsp3) is 0.208. The number of thiophene rings is 1. The van der Waals surface area contributed by atoms with Gasteiger partial charge in [0, 0.05) is 19.0 Å². The van der Waals surface area contributed by atoms with Crippen LogP contribution in [0.1, 0.15) is 30.2 Å². The topological polar surface area (TPSA) is 85.8 Å². The molecular formula is C24H25N5OS. The van der Waals surface area contributed by atoms with Crippen molar-refractivity contribution in [3.8, 4) is 11.1 Å². The van der Waals surface area contributed by atoms with Gasteiger partial charge in [0.2, 0.25) is 5.91 Å². The third-order valence-electron chi connectivity index (χ3n) is 5.15. The highest BCUT2D eigenvalue weighted by atomic mass is 32.1. The van der Waals surface area contributed by atoms with E-state index in [1.54, 1.807) is 16.0 Å². The molecule has 0 aliphatic heterocycles. The van der Waals surface area contributed by atoms with Gasteiger partial charge >= 0.3 is 0 Å². The van der Waals surface area contributed by atoms with Gasteiger partial charge in [0.15, 0.2) is 0 Å². The minimum absolute atomic E-state index is 0.0983. The average Bonchev–Trinajstić information content (AvgIpc) is 3.47. The molecular weight excluding hydrogens is 406 g/mol. The number of aromatic nitrogens is 3. The maximum atomic E-state index is 12.5. The Morgan fingerprint density at radius 3 is 2.65 bits per heavy atom. The van der Waals surface area contributed by atoms with Crippen LogP contribution in [0.5, 0.6) is 0 Å². The van der Waals surface area contributed by atoms with Crippen LogP contribution >= 0.6 is 11.3 Å². The number of amides is 1. The largest absolute Gasteiger partial charge is 0.397 e. The molecule has 1 amide bonds. The average molecular weight is 432 g/mol. The number of hydrogen-bond acceptors (Lipinski definition) is 5. The molecule has 3 N–H and O–H groups in total. The molecule has 0 spiro atoms. The molecule has 6 nitrogen and oxygen atoms in total. The SMILES string of the molecule is CCc1ccc(Cn2cc(CCC(=O)Nc3cc(-c4ccsc4)ccc3N)nn2)cc1. The van der Waals surface area contributed by atoms with Gasteiger partial charge < -0.3 is 11.1 Å². The molecule has 158 valence electrons. The Morgan fingerprint density at radius 2 is 1.90 bits per heavy atom. The van der Waals surface area contributed by atoms with E-state index in [0.29, 0.717) is 30.8 Å². The van der Waals surface area contributed by atoms with Gasteiger partial charge in [-0.2, -0.15) is 11.3 Å². The summed E-state index contributed by atoms with van der Waals surface area (Å²) in [5.74, 6) is -0.0983. The number of nitrogens with zero attached hydrogens (tertiary/aromatic N) is 3. The van der Waals surface area contributed by atoms with E-state index in [9.17, 15) is 4.79 Å². The van der Waals surface area contributed by atoms with Crippen LogP contribution in [0, 0.1) is 0 Å². The van der Waals surface area contributed by atoms with Crippen LogP contribution in [0.25, 0.3) is 11.1 Å². The number of anilines is 2. The summed E-state index contributed by atoms with van der Waals surface area (Å²) in [6.07, 6.45) is 3.75. The summed E-state index contributed by atoms with van der Waals surface area (Å²) in [7, 11) is 0. The van der Waals surface area contributed by atoms with Gasteiger partial charge in [0.25, 0.3) is 0 Å². The fourth-order valence-electron chi connectivity index (χ4n) is 3.32. The maximum Gasteiger partial charge on any atom is 0.224 e. The van der Waals surface area contributed by atoms with Gasteiger partial charge in [-0.15, -0.1) is 5.10 Å². The maximum absolute atomic E-state index is 12.5. The smallest absolute Gasteiger partial charge is 0.224 e. The first-order valence-electron chi connectivity index (χ1n) is 10.3. The zero-order valence-electron chi connectivity index (χ0n) is 17.4. The molecule has 0 fully saturated rings. The van der Waals surface area contributed by atoms with Crippen LogP contribution in [-0.4, -0.2) is 20.9 Å². The van der Waals surface area contributed by atoms with Crippen molar-refractivity contribution in [3.05, 3.63) is 82.3 Å². The Morgan fingerprint density at radius 1 is 1.10 bits per heavy atom. The van der Waals surface area contributed by atoms with Crippen molar-refractivity contribution < 1.29 is 4.79 Å². The number of carbonyl (C=O) groups is 1. The van der Waals surface area contributed by atoms with Crippen LogP contribution in [0.4, 0.5) is 11.4 Å². The summed E-state index contributed by atoms with van der Waals surface area (Å²) in [5, 5.41) is 15.4. The highest BCUT2D eigenvalue weighted by Gasteiger charge is 2.10. The minimum atomic E-state index is -0.0983. The van der Waals surface area contributed by atoms with E-state index in [-0.39, 0.29) is 5.91 Å². The minimum Gasteiger partial charge on any atom is -0.397 e. The number of carbonyl (C=O) groups excluding carboxylic acids is 1. The number of nitrogens with two attached hydrogens (primary N) is 1. The fourth-order valence-corrected chi connectivity index (χ4v) is 3.99. The lowest BCUT2D eigenvalue weighted by molar-refractivity contribution is -0.116. The Kier molecular flexibility index (Phi) is 6.43. The Labute approximate surface area is 185 Å². The lowest BCUT2D eigenvalue weighted by Crippen LogP contribution is -2.13. The second-order valence-corrected chi connectivity index (χ2v) is 8.22. The second-order valence-electron chi connectivity index (χ2n) is 7.44. The van der Waals surface area contributed by atoms with Crippen LogP contribution in [-0.2, 0) is 24.2 Å². The predicted molar refractivity (Wildman–Crippen MR) is 126 cm³/mol. The first kappa shape index (κ1) is 20.8. The third kappa shape index (κ3) is 5.38. The van der Waals surface area contributed by atoms with E-state index in [4.69, 9.17) is 5.73 Å². The first-order chi connectivity index (χ1) is 15.1. The number of nitrogen functional groups attached to an aromatic ring is 1. The summed E-state index contributed by atoms with van der Waals surface area (Å²) >= 11 is 1.63. The zero-order valence-corrected chi connectivity index (χ0v) is 18.2. The number of benzene rings is 2. The molecule has 0 saturated carbocycles. The molecule has 0 unspecified atom stereocenters. The van der Waals surface area contributed by atoms with Crippen LogP contribution in [0.2, 0.25) is 0 Å². The standard InChI is InChI=1S/C24H25N5OS/c1-2-17-3-5-18(6-4-17)14-29-15-21(27-28-29)8-10-24(30)26-23-13-19(7-9-22(23)25)20-11-12-31-16-20/h3-7,9,11-13,15-16H,2,8,10,14,25H2,1H3,(H,26,30). The van der Waals surface area contributed by atoms with Crippen molar-refractivity contribution in [1.82, 2.24) is 15.0 Å². The molecule has 0 bridgehead atoms. The Balaban J connectivity index is 1.32. The predicted octanol–water partition coefficient (Wildman–Crippen LogP) is 4.77.